The fourth-order valence-corrected chi connectivity index (χ4v) is 3.42. The average molecular weight is 239 g/mol. The molecule has 1 fully saturated rings. The van der Waals surface area contributed by atoms with Crippen molar-refractivity contribution >= 4 is 11.3 Å². The maximum atomic E-state index is 5.55. The third-order valence-corrected chi connectivity index (χ3v) is 4.21. The smallest absolute Gasteiger partial charge is 0.110 e. The van der Waals surface area contributed by atoms with Crippen LogP contribution in [0.1, 0.15) is 43.4 Å². The fraction of sp³-hybridized carbons (Fsp3) is 0.750. The maximum Gasteiger partial charge on any atom is 0.110 e. The molecule has 16 heavy (non-hydrogen) atoms. The number of likely N-dealkylation sites (tertiary alicyclic amines) is 1. The van der Waals surface area contributed by atoms with Crippen molar-refractivity contribution in [1.82, 2.24) is 9.88 Å². The van der Waals surface area contributed by atoms with Gasteiger partial charge in [0.2, 0.25) is 0 Å². The molecular weight excluding hydrogens is 218 g/mol. The van der Waals surface area contributed by atoms with Crippen LogP contribution in [-0.2, 0) is 6.42 Å². The minimum atomic E-state index is 0.552. The Hall–Kier alpha value is -0.450. The largest absolute Gasteiger partial charge is 0.330 e. The molecule has 4 heteroatoms. The van der Waals surface area contributed by atoms with Gasteiger partial charge in [-0.25, -0.2) is 4.98 Å². The summed E-state index contributed by atoms with van der Waals surface area (Å²) in [5, 5.41) is 3.45. The number of rotatable bonds is 4. The zero-order valence-corrected chi connectivity index (χ0v) is 11.0. The molecule has 1 unspecified atom stereocenters. The van der Waals surface area contributed by atoms with Gasteiger partial charge in [0.15, 0.2) is 0 Å². The Morgan fingerprint density at radius 2 is 2.44 bits per heavy atom. The average Bonchev–Trinajstić information content (AvgIpc) is 2.83. The van der Waals surface area contributed by atoms with Gasteiger partial charge in [-0.05, 0) is 39.8 Å². The van der Waals surface area contributed by atoms with E-state index in [1.165, 1.54) is 24.4 Å². The second kappa shape index (κ2) is 5.25. The zero-order chi connectivity index (χ0) is 11.5. The minimum Gasteiger partial charge on any atom is -0.330 e. The first-order chi connectivity index (χ1) is 7.72. The Morgan fingerprint density at radius 3 is 3.12 bits per heavy atom. The van der Waals surface area contributed by atoms with Crippen LogP contribution in [0, 0.1) is 0 Å². The molecule has 0 radical (unpaired) electrons. The Labute approximate surface area is 102 Å². The molecule has 0 aliphatic carbocycles. The molecule has 90 valence electrons. The van der Waals surface area contributed by atoms with E-state index in [9.17, 15) is 0 Å². The second-order valence-corrected chi connectivity index (χ2v) is 5.60. The topological polar surface area (TPSA) is 42.2 Å². The van der Waals surface area contributed by atoms with Crippen molar-refractivity contribution in [2.75, 3.05) is 13.1 Å². The number of hydrogen-bond donors (Lipinski definition) is 1. The predicted molar refractivity (Wildman–Crippen MR) is 68.7 cm³/mol. The lowest BCUT2D eigenvalue weighted by Crippen LogP contribution is -2.30. The summed E-state index contributed by atoms with van der Waals surface area (Å²) in [5.74, 6) is 0. The number of nitrogens with two attached hydrogens (primary N) is 1. The van der Waals surface area contributed by atoms with Gasteiger partial charge >= 0.3 is 0 Å². The van der Waals surface area contributed by atoms with E-state index in [4.69, 9.17) is 10.7 Å². The minimum absolute atomic E-state index is 0.552. The van der Waals surface area contributed by atoms with Crippen molar-refractivity contribution in [3.8, 4) is 0 Å². The SMILES string of the molecule is CC(C)N1CCCC1c1nc(CCN)cs1. The third-order valence-electron chi connectivity index (χ3n) is 3.21. The highest BCUT2D eigenvalue weighted by molar-refractivity contribution is 7.09. The summed E-state index contributed by atoms with van der Waals surface area (Å²) >= 11 is 1.80. The van der Waals surface area contributed by atoms with Crippen molar-refractivity contribution in [2.45, 2.75) is 45.2 Å². The number of thiazole rings is 1. The van der Waals surface area contributed by atoms with Crippen LogP contribution >= 0.6 is 11.3 Å². The molecule has 3 nitrogen and oxygen atoms in total. The number of aromatic nitrogens is 1. The molecule has 1 aliphatic rings. The zero-order valence-electron chi connectivity index (χ0n) is 10.1. The van der Waals surface area contributed by atoms with Crippen LogP contribution in [0.2, 0.25) is 0 Å². The van der Waals surface area contributed by atoms with Crippen LogP contribution in [0.4, 0.5) is 0 Å². The summed E-state index contributed by atoms with van der Waals surface area (Å²) in [6.45, 7) is 6.45. The van der Waals surface area contributed by atoms with Crippen LogP contribution < -0.4 is 5.73 Å². The van der Waals surface area contributed by atoms with E-state index in [1.807, 2.05) is 0 Å². The molecule has 0 bridgehead atoms. The van der Waals surface area contributed by atoms with Gasteiger partial charge in [-0.1, -0.05) is 0 Å². The van der Waals surface area contributed by atoms with Crippen LogP contribution in [-0.4, -0.2) is 29.0 Å². The molecule has 1 atom stereocenters. The highest BCUT2D eigenvalue weighted by Crippen LogP contribution is 2.34. The lowest BCUT2D eigenvalue weighted by molar-refractivity contribution is 0.205. The first-order valence-corrected chi connectivity index (χ1v) is 7.00. The van der Waals surface area contributed by atoms with Crippen LogP contribution in [0.15, 0.2) is 5.38 Å². The molecule has 2 rings (SSSR count). The molecule has 0 aromatic carbocycles. The highest BCUT2D eigenvalue weighted by atomic mass is 32.1. The number of nitrogens with zero attached hydrogens (tertiary/aromatic N) is 2. The fourth-order valence-electron chi connectivity index (χ4n) is 2.41. The van der Waals surface area contributed by atoms with Crippen molar-refractivity contribution in [2.24, 2.45) is 5.73 Å². The third kappa shape index (κ3) is 2.44. The second-order valence-electron chi connectivity index (χ2n) is 4.71. The lowest BCUT2D eigenvalue weighted by atomic mass is 10.2. The quantitative estimate of drug-likeness (QED) is 0.876. The first kappa shape index (κ1) is 12.0. The summed E-state index contributed by atoms with van der Waals surface area (Å²) in [6, 6.07) is 1.17. The Morgan fingerprint density at radius 1 is 1.62 bits per heavy atom. The summed E-state index contributed by atoms with van der Waals surface area (Å²) in [6.07, 6.45) is 3.47. The van der Waals surface area contributed by atoms with Gasteiger partial charge in [-0.2, -0.15) is 0 Å². The molecular formula is C12H21N3S. The highest BCUT2D eigenvalue weighted by Gasteiger charge is 2.29. The van der Waals surface area contributed by atoms with Gasteiger partial charge in [0, 0.05) is 17.8 Å². The van der Waals surface area contributed by atoms with Gasteiger partial charge in [0.05, 0.1) is 11.7 Å². The van der Waals surface area contributed by atoms with Crippen LogP contribution in [0.3, 0.4) is 0 Å². The van der Waals surface area contributed by atoms with Gasteiger partial charge in [0.25, 0.3) is 0 Å². The molecule has 0 spiro atoms. The Kier molecular flexibility index (Phi) is 3.95. The van der Waals surface area contributed by atoms with E-state index < -0.39 is 0 Å². The van der Waals surface area contributed by atoms with Crippen molar-refractivity contribution < 1.29 is 0 Å². The van der Waals surface area contributed by atoms with Crippen LogP contribution in [0.25, 0.3) is 0 Å². The van der Waals surface area contributed by atoms with Crippen LogP contribution in [0.5, 0.6) is 0 Å². The van der Waals surface area contributed by atoms with E-state index >= 15 is 0 Å². The van der Waals surface area contributed by atoms with E-state index in [2.05, 4.69) is 24.1 Å². The summed E-state index contributed by atoms with van der Waals surface area (Å²) in [7, 11) is 0. The Balaban J connectivity index is 2.10. The number of hydrogen-bond acceptors (Lipinski definition) is 4. The van der Waals surface area contributed by atoms with Crippen molar-refractivity contribution in [1.29, 1.82) is 0 Å². The first-order valence-electron chi connectivity index (χ1n) is 6.12. The van der Waals surface area contributed by atoms with Gasteiger partial charge < -0.3 is 5.73 Å². The lowest BCUT2D eigenvalue weighted by Gasteiger charge is -2.26. The van der Waals surface area contributed by atoms with Gasteiger partial charge in [0.1, 0.15) is 5.01 Å². The summed E-state index contributed by atoms with van der Waals surface area (Å²) < 4.78 is 0. The Bertz CT molecular complexity index is 335. The van der Waals surface area contributed by atoms with E-state index in [0.29, 0.717) is 18.6 Å². The summed E-state index contributed by atoms with van der Waals surface area (Å²) in [5.41, 5.74) is 6.72. The van der Waals surface area contributed by atoms with E-state index in [1.54, 1.807) is 11.3 Å². The van der Waals surface area contributed by atoms with E-state index in [-0.39, 0.29) is 0 Å². The van der Waals surface area contributed by atoms with Gasteiger partial charge in [-0.15, -0.1) is 11.3 Å². The molecule has 2 heterocycles. The molecule has 1 aliphatic heterocycles. The molecule has 2 N–H and O–H groups in total. The predicted octanol–water partition coefficient (Wildman–Crippen LogP) is 2.19. The molecule has 0 amide bonds. The van der Waals surface area contributed by atoms with E-state index in [0.717, 1.165) is 12.1 Å². The van der Waals surface area contributed by atoms with Crippen molar-refractivity contribution in [3.63, 3.8) is 0 Å². The van der Waals surface area contributed by atoms with Crippen molar-refractivity contribution in [3.05, 3.63) is 16.1 Å². The molecule has 1 aromatic heterocycles. The maximum absolute atomic E-state index is 5.55. The molecule has 1 aromatic rings. The normalized spacial score (nSPS) is 22.1. The van der Waals surface area contributed by atoms with Gasteiger partial charge in [-0.3, -0.25) is 4.90 Å². The monoisotopic (exact) mass is 239 g/mol. The summed E-state index contributed by atoms with van der Waals surface area (Å²) in [4.78, 5) is 7.27. The standard InChI is InChI=1S/C12H21N3S/c1-9(2)15-7-3-4-11(15)12-14-10(5-6-13)8-16-12/h8-9,11H,3-7,13H2,1-2H3. The molecule has 0 saturated carbocycles. The molecule has 1 saturated heterocycles.